The Kier molecular flexibility index (Phi) is 10.0. The fourth-order valence-electron chi connectivity index (χ4n) is 2.71. The van der Waals surface area contributed by atoms with Gasteiger partial charge in [-0.05, 0) is 33.1 Å². The van der Waals surface area contributed by atoms with E-state index in [0.29, 0.717) is 6.10 Å². The van der Waals surface area contributed by atoms with Gasteiger partial charge in [-0.15, -0.1) is 35.3 Å². The highest BCUT2D eigenvalue weighted by Gasteiger charge is 2.14. The van der Waals surface area contributed by atoms with E-state index in [0.717, 1.165) is 42.8 Å². The molecular weight excluding hydrogens is 423 g/mol. The van der Waals surface area contributed by atoms with E-state index in [-0.39, 0.29) is 24.0 Å². The van der Waals surface area contributed by atoms with Crippen molar-refractivity contribution in [3.05, 3.63) is 15.6 Å². The molecule has 0 amide bonds. The summed E-state index contributed by atoms with van der Waals surface area (Å²) in [6.07, 6.45) is 6.66. The standard InChI is InChI=1S/C16H28N4OS.HI/c1-12-15(22-13(2)20-12)11-19-16(17-3)18-9-6-10-21-14-7-4-5-8-14;/h14H,4-11H2,1-3H3,(H2,17,18,19);1H. The number of guanidine groups is 1. The molecule has 1 aromatic heterocycles. The SMILES string of the molecule is CN=C(NCCCOC1CCCC1)NCc1sc(C)nc1C.I. The van der Waals surface area contributed by atoms with Crippen LogP contribution < -0.4 is 10.6 Å². The predicted octanol–water partition coefficient (Wildman–Crippen LogP) is 3.39. The quantitative estimate of drug-likeness (QED) is 0.288. The molecule has 1 saturated carbocycles. The lowest BCUT2D eigenvalue weighted by Gasteiger charge is -2.13. The van der Waals surface area contributed by atoms with Gasteiger partial charge in [-0.2, -0.15) is 0 Å². The van der Waals surface area contributed by atoms with E-state index in [1.54, 1.807) is 18.4 Å². The number of ether oxygens (including phenoxy) is 1. The monoisotopic (exact) mass is 452 g/mol. The smallest absolute Gasteiger partial charge is 0.191 e. The van der Waals surface area contributed by atoms with Crippen LogP contribution in [0.5, 0.6) is 0 Å². The summed E-state index contributed by atoms with van der Waals surface area (Å²) >= 11 is 1.74. The summed E-state index contributed by atoms with van der Waals surface area (Å²) in [4.78, 5) is 9.96. The molecule has 0 spiro atoms. The number of aryl methyl sites for hydroxylation is 2. The van der Waals surface area contributed by atoms with Crippen molar-refractivity contribution in [2.75, 3.05) is 20.2 Å². The lowest BCUT2D eigenvalue weighted by molar-refractivity contribution is 0.0574. The molecule has 0 radical (unpaired) electrons. The van der Waals surface area contributed by atoms with E-state index in [2.05, 4.69) is 27.5 Å². The molecule has 1 aliphatic rings. The van der Waals surface area contributed by atoms with E-state index in [1.165, 1.54) is 30.6 Å². The van der Waals surface area contributed by atoms with Gasteiger partial charge in [-0.1, -0.05) is 12.8 Å². The van der Waals surface area contributed by atoms with Gasteiger partial charge in [0.05, 0.1) is 23.4 Å². The average Bonchev–Trinajstić information content (AvgIpc) is 3.11. The Hall–Kier alpha value is -0.410. The first-order valence-corrected chi connectivity index (χ1v) is 8.99. The number of hydrogen-bond donors (Lipinski definition) is 2. The third kappa shape index (κ3) is 7.34. The zero-order valence-corrected chi connectivity index (χ0v) is 17.5. The number of hydrogen-bond acceptors (Lipinski definition) is 4. The van der Waals surface area contributed by atoms with Crippen LogP contribution in [0.2, 0.25) is 0 Å². The van der Waals surface area contributed by atoms with Crippen molar-refractivity contribution in [2.24, 2.45) is 4.99 Å². The van der Waals surface area contributed by atoms with Gasteiger partial charge < -0.3 is 15.4 Å². The van der Waals surface area contributed by atoms with Crippen LogP contribution in [0.25, 0.3) is 0 Å². The minimum absolute atomic E-state index is 0. The van der Waals surface area contributed by atoms with E-state index in [4.69, 9.17) is 4.74 Å². The number of aliphatic imine (C=N–C) groups is 1. The molecule has 5 nitrogen and oxygen atoms in total. The summed E-state index contributed by atoms with van der Waals surface area (Å²) in [5.74, 6) is 0.839. The zero-order valence-electron chi connectivity index (χ0n) is 14.4. The largest absolute Gasteiger partial charge is 0.378 e. The topological polar surface area (TPSA) is 58.5 Å². The Labute approximate surface area is 160 Å². The molecule has 2 rings (SSSR count). The lowest BCUT2D eigenvalue weighted by atomic mass is 10.3. The van der Waals surface area contributed by atoms with Crippen LogP contribution in [0.4, 0.5) is 0 Å². The van der Waals surface area contributed by atoms with Crippen molar-refractivity contribution in [1.29, 1.82) is 0 Å². The third-order valence-electron chi connectivity index (χ3n) is 3.91. The molecule has 1 fully saturated rings. The van der Waals surface area contributed by atoms with Crippen molar-refractivity contribution in [3.8, 4) is 0 Å². The Morgan fingerprint density at radius 1 is 1.30 bits per heavy atom. The maximum Gasteiger partial charge on any atom is 0.191 e. The highest BCUT2D eigenvalue weighted by molar-refractivity contribution is 14.0. The zero-order chi connectivity index (χ0) is 15.8. The summed E-state index contributed by atoms with van der Waals surface area (Å²) in [5, 5.41) is 7.79. The molecule has 23 heavy (non-hydrogen) atoms. The summed E-state index contributed by atoms with van der Waals surface area (Å²) in [7, 11) is 1.80. The van der Waals surface area contributed by atoms with E-state index in [9.17, 15) is 0 Å². The third-order valence-corrected chi connectivity index (χ3v) is 4.98. The van der Waals surface area contributed by atoms with Crippen molar-refractivity contribution in [3.63, 3.8) is 0 Å². The Bertz CT molecular complexity index is 486. The van der Waals surface area contributed by atoms with Gasteiger partial charge >= 0.3 is 0 Å². The van der Waals surface area contributed by atoms with Gasteiger partial charge in [0, 0.05) is 25.1 Å². The molecule has 0 bridgehead atoms. The normalized spacial score (nSPS) is 15.5. The van der Waals surface area contributed by atoms with Crippen LogP contribution in [0.3, 0.4) is 0 Å². The molecule has 0 saturated heterocycles. The molecule has 0 aliphatic heterocycles. The number of aromatic nitrogens is 1. The van der Waals surface area contributed by atoms with Crippen LogP contribution in [0, 0.1) is 13.8 Å². The fraction of sp³-hybridized carbons (Fsp3) is 0.750. The Morgan fingerprint density at radius 3 is 2.65 bits per heavy atom. The molecule has 0 unspecified atom stereocenters. The number of thiazole rings is 1. The Morgan fingerprint density at radius 2 is 2.04 bits per heavy atom. The van der Waals surface area contributed by atoms with Crippen LogP contribution in [0.1, 0.15) is 47.7 Å². The minimum atomic E-state index is 0. The maximum atomic E-state index is 5.86. The first-order chi connectivity index (χ1) is 10.7. The van der Waals surface area contributed by atoms with Gasteiger partial charge in [-0.25, -0.2) is 4.98 Å². The molecule has 1 aromatic rings. The maximum absolute atomic E-state index is 5.86. The minimum Gasteiger partial charge on any atom is -0.378 e. The van der Waals surface area contributed by atoms with E-state index < -0.39 is 0 Å². The summed E-state index contributed by atoms with van der Waals surface area (Å²) in [6, 6.07) is 0. The first-order valence-electron chi connectivity index (χ1n) is 8.18. The van der Waals surface area contributed by atoms with Gasteiger partial charge in [0.15, 0.2) is 5.96 Å². The summed E-state index contributed by atoms with van der Waals surface area (Å²) < 4.78 is 5.86. The van der Waals surface area contributed by atoms with Gasteiger partial charge in [0.25, 0.3) is 0 Å². The first kappa shape index (κ1) is 20.6. The molecular formula is C16H29IN4OS. The van der Waals surface area contributed by atoms with Crippen molar-refractivity contribution in [1.82, 2.24) is 15.6 Å². The number of nitrogens with one attached hydrogen (secondary N) is 2. The number of rotatable bonds is 7. The molecule has 7 heteroatoms. The molecule has 0 atom stereocenters. The number of nitrogens with zero attached hydrogens (tertiary/aromatic N) is 2. The summed E-state index contributed by atoms with van der Waals surface area (Å²) in [6.45, 7) is 6.58. The van der Waals surface area contributed by atoms with E-state index in [1.807, 2.05) is 6.92 Å². The van der Waals surface area contributed by atoms with Crippen LogP contribution in [0.15, 0.2) is 4.99 Å². The van der Waals surface area contributed by atoms with Gasteiger partial charge in [0.2, 0.25) is 0 Å². The van der Waals surface area contributed by atoms with Crippen molar-refractivity contribution < 1.29 is 4.74 Å². The summed E-state index contributed by atoms with van der Waals surface area (Å²) in [5.41, 5.74) is 1.11. The molecule has 132 valence electrons. The van der Waals surface area contributed by atoms with Crippen molar-refractivity contribution >= 4 is 41.3 Å². The highest BCUT2D eigenvalue weighted by atomic mass is 127. The van der Waals surface area contributed by atoms with Crippen LogP contribution in [-0.2, 0) is 11.3 Å². The molecule has 1 heterocycles. The fourth-order valence-corrected chi connectivity index (χ4v) is 3.58. The molecule has 0 aromatic carbocycles. The van der Waals surface area contributed by atoms with E-state index >= 15 is 0 Å². The Balaban J connectivity index is 0.00000264. The van der Waals surface area contributed by atoms with Crippen molar-refractivity contribution in [2.45, 2.75) is 58.6 Å². The number of halogens is 1. The van der Waals surface area contributed by atoms with Crippen LogP contribution >= 0.6 is 35.3 Å². The highest BCUT2D eigenvalue weighted by Crippen LogP contribution is 2.20. The second-order valence-electron chi connectivity index (χ2n) is 5.72. The second-order valence-corrected chi connectivity index (χ2v) is 7.01. The van der Waals surface area contributed by atoms with Crippen LogP contribution in [-0.4, -0.2) is 37.2 Å². The lowest BCUT2D eigenvalue weighted by Crippen LogP contribution is -2.37. The predicted molar refractivity (Wildman–Crippen MR) is 108 cm³/mol. The molecule has 2 N–H and O–H groups in total. The average molecular weight is 452 g/mol. The van der Waals surface area contributed by atoms with Gasteiger partial charge in [0.1, 0.15) is 0 Å². The molecule has 1 aliphatic carbocycles. The second kappa shape index (κ2) is 11.2. The van der Waals surface area contributed by atoms with Gasteiger partial charge in [-0.3, -0.25) is 4.99 Å².